The first-order valence-corrected chi connectivity index (χ1v) is 9.51. The fourth-order valence-corrected chi connectivity index (χ4v) is 4.00. The molecule has 0 atom stereocenters. The maximum absolute atomic E-state index is 9.87. The highest BCUT2D eigenvalue weighted by Gasteiger charge is 2.07. The summed E-state index contributed by atoms with van der Waals surface area (Å²) >= 11 is 1.62. The second kappa shape index (κ2) is 7.60. The molecule has 0 bridgehead atoms. The molecule has 5 heteroatoms. The summed E-state index contributed by atoms with van der Waals surface area (Å²) in [6, 6.07) is 23.8. The van der Waals surface area contributed by atoms with Crippen LogP contribution in [0.25, 0.3) is 10.2 Å². The Morgan fingerprint density at radius 3 is 2.59 bits per heavy atom. The maximum atomic E-state index is 9.87. The lowest BCUT2D eigenvalue weighted by atomic mass is 10.2. The number of para-hydroxylation sites is 1. The lowest BCUT2D eigenvalue weighted by molar-refractivity contribution is 0.474. The minimum Gasteiger partial charge on any atom is -0.507 e. The van der Waals surface area contributed by atoms with E-state index >= 15 is 0 Å². The summed E-state index contributed by atoms with van der Waals surface area (Å²) in [5, 5.41) is 18.5. The Morgan fingerprint density at radius 1 is 1.00 bits per heavy atom. The van der Waals surface area contributed by atoms with Crippen LogP contribution in [0.3, 0.4) is 0 Å². The molecule has 134 valence electrons. The van der Waals surface area contributed by atoms with Crippen LogP contribution in [0.2, 0.25) is 0 Å². The summed E-state index contributed by atoms with van der Waals surface area (Å²) < 4.78 is 3.36. The van der Waals surface area contributed by atoms with Gasteiger partial charge in [-0.2, -0.15) is 5.10 Å². The molecule has 0 aliphatic rings. The van der Waals surface area contributed by atoms with Gasteiger partial charge in [0.2, 0.25) is 4.80 Å². The second-order valence-corrected chi connectivity index (χ2v) is 7.34. The highest BCUT2D eigenvalue weighted by molar-refractivity contribution is 7.16. The van der Waals surface area contributed by atoms with Crippen molar-refractivity contribution in [1.82, 2.24) is 4.57 Å². The van der Waals surface area contributed by atoms with Gasteiger partial charge in [-0.15, -0.1) is 5.10 Å². The molecule has 0 amide bonds. The van der Waals surface area contributed by atoms with Gasteiger partial charge in [-0.3, -0.25) is 0 Å². The zero-order valence-electron chi connectivity index (χ0n) is 14.9. The quantitative estimate of drug-likeness (QED) is 0.409. The number of nitrogens with zero attached hydrogens (tertiary/aromatic N) is 3. The molecule has 4 rings (SSSR count). The molecule has 4 aromatic rings. The van der Waals surface area contributed by atoms with Gasteiger partial charge in [0.25, 0.3) is 0 Å². The molecule has 0 spiro atoms. The van der Waals surface area contributed by atoms with E-state index in [9.17, 15) is 5.11 Å². The average molecular weight is 373 g/mol. The van der Waals surface area contributed by atoms with Crippen molar-refractivity contribution < 1.29 is 5.11 Å². The van der Waals surface area contributed by atoms with Crippen molar-refractivity contribution >= 4 is 27.8 Å². The van der Waals surface area contributed by atoms with Crippen LogP contribution in [0.1, 0.15) is 16.7 Å². The molecule has 27 heavy (non-hydrogen) atoms. The van der Waals surface area contributed by atoms with Crippen molar-refractivity contribution in [2.24, 2.45) is 10.2 Å². The summed E-state index contributed by atoms with van der Waals surface area (Å²) in [4.78, 5) is 0.825. The van der Waals surface area contributed by atoms with Gasteiger partial charge in [-0.05, 0) is 42.3 Å². The van der Waals surface area contributed by atoms with Crippen molar-refractivity contribution in [2.45, 2.75) is 13.5 Å². The van der Waals surface area contributed by atoms with E-state index in [2.05, 4.69) is 52.0 Å². The van der Waals surface area contributed by atoms with Crippen LogP contribution in [-0.4, -0.2) is 15.9 Å². The smallest absolute Gasteiger partial charge is 0.211 e. The van der Waals surface area contributed by atoms with E-state index in [0.29, 0.717) is 5.56 Å². The Morgan fingerprint density at radius 2 is 1.78 bits per heavy atom. The van der Waals surface area contributed by atoms with E-state index in [1.807, 2.05) is 24.3 Å². The topological polar surface area (TPSA) is 49.9 Å². The van der Waals surface area contributed by atoms with Gasteiger partial charge in [0.15, 0.2) is 0 Å². The number of fused-ring (bicyclic) bond motifs is 1. The predicted molar refractivity (Wildman–Crippen MR) is 111 cm³/mol. The number of rotatable bonds is 4. The van der Waals surface area contributed by atoms with Crippen LogP contribution in [0, 0.1) is 6.92 Å². The molecule has 1 heterocycles. The molecule has 0 aliphatic heterocycles. The number of phenolic OH excluding ortho intramolecular Hbond substituents is 1. The predicted octanol–water partition coefficient (Wildman–Crippen LogP) is 4.70. The van der Waals surface area contributed by atoms with Crippen LogP contribution >= 0.6 is 11.3 Å². The van der Waals surface area contributed by atoms with Crippen LogP contribution in [0.15, 0.2) is 83.0 Å². The molecular weight excluding hydrogens is 354 g/mol. The highest BCUT2D eigenvalue weighted by atomic mass is 32.1. The molecule has 0 aliphatic carbocycles. The fourth-order valence-electron chi connectivity index (χ4n) is 2.91. The molecule has 0 unspecified atom stereocenters. The Labute approximate surface area is 161 Å². The standard InChI is InChI=1S/C22H19N3OS/c1-16-11-12-19-21(13-16)27-22(25(19)15-17-7-3-2-4-8-17)24-23-14-18-9-5-6-10-20(18)26/h2-14,26H,15H2,1H3/b23-14-,24-22+. The fraction of sp³-hybridized carbons (Fsp3) is 0.0909. The van der Waals surface area contributed by atoms with Gasteiger partial charge < -0.3 is 9.67 Å². The average Bonchev–Trinajstić information content (AvgIpc) is 3.00. The summed E-state index contributed by atoms with van der Waals surface area (Å²) in [7, 11) is 0. The van der Waals surface area contributed by atoms with Crippen LogP contribution in [0.5, 0.6) is 5.75 Å². The third-order valence-corrected chi connectivity index (χ3v) is 5.33. The summed E-state index contributed by atoms with van der Waals surface area (Å²) in [6.45, 7) is 2.82. The van der Waals surface area contributed by atoms with Gasteiger partial charge in [0.1, 0.15) is 5.75 Å². The van der Waals surface area contributed by atoms with Crippen molar-refractivity contribution in [3.63, 3.8) is 0 Å². The van der Waals surface area contributed by atoms with E-state index in [1.165, 1.54) is 15.8 Å². The van der Waals surface area contributed by atoms with Crippen molar-refractivity contribution in [2.75, 3.05) is 0 Å². The lowest BCUT2D eigenvalue weighted by Gasteiger charge is -2.05. The molecular formula is C22H19N3OS. The number of aryl methyl sites for hydroxylation is 1. The van der Waals surface area contributed by atoms with Gasteiger partial charge in [-0.25, -0.2) is 0 Å². The van der Waals surface area contributed by atoms with Crippen molar-refractivity contribution in [1.29, 1.82) is 0 Å². The Balaban J connectivity index is 1.79. The number of hydrogen-bond donors (Lipinski definition) is 1. The summed E-state index contributed by atoms with van der Waals surface area (Å²) in [5.41, 5.74) is 4.22. The largest absolute Gasteiger partial charge is 0.507 e. The minimum absolute atomic E-state index is 0.195. The number of aromatic hydroxyl groups is 1. The highest BCUT2D eigenvalue weighted by Crippen LogP contribution is 2.20. The van der Waals surface area contributed by atoms with Gasteiger partial charge >= 0.3 is 0 Å². The summed E-state index contributed by atoms with van der Waals surface area (Å²) in [5.74, 6) is 0.195. The number of benzene rings is 3. The van der Waals surface area contributed by atoms with Gasteiger partial charge in [0.05, 0.1) is 23.0 Å². The zero-order chi connectivity index (χ0) is 18.6. The van der Waals surface area contributed by atoms with E-state index in [4.69, 9.17) is 0 Å². The number of aromatic nitrogens is 1. The first-order valence-electron chi connectivity index (χ1n) is 8.70. The molecule has 0 saturated heterocycles. The van der Waals surface area contributed by atoms with Gasteiger partial charge in [-0.1, -0.05) is 59.9 Å². The minimum atomic E-state index is 0.195. The Bertz CT molecular complexity index is 1170. The molecule has 3 aromatic carbocycles. The van der Waals surface area contributed by atoms with Crippen molar-refractivity contribution in [3.05, 3.63) is 94.3 Å². The molecule has 1 N–H and O–H groups in total. The first-order chi connectivity index (χ1) is 13.2. The molecule has 0 radical (unpaired) electrons. The molecule has 4 nitrogen and oxygen atoms in total. The summed E-state index contributed by atoms with van der Waals surface area (Å²) in [6.07, 6.45) is 1.58. The molecule has 1 aromatic heterocycles. The monoisotopic (exact) mass is 373 g/mol. The van der Waals surface area contributed by atoms with E-state index in [0.717, 1.165) is 16.9 Å². The second-order valence-electron chi connectivity index (χ2n) is 6.33. The maximum Gasteiger partial charge on any atom is 0.211 e. The lowest BCUT2D eigenvalue weighted by Crippen LogP contribution is -2.15. The van der Waals surface area contributed by atoms with Crippen LogP contribution in [-0.2, 0) is 6.54 Å². The number of thiazole rings is 1. The molecule has 0 saturated carbocycles. The van der Waals surface area contributed by atoms with Crippen LogP contribution in [0.4, 0.5) is 0 Å². The van der Waals surface area contributed by atoms with Crippen molar-refractivity contribution in [3.8, 4) is 5.75 Å². The normalized spacial score (nSPS) is 12.3. The third-order valence-electron chi connectivity index (χ3n) is 4.30. The van der Waals surface area contributed by atoms with E-state index < -0.39 is 0 Å². The van der Waals surface area contributed by atoms with E-state index in [1.54, 1.807) is 35.8 Å². The SMILES string of the molecule is Cc1ccc2c(c1)s/c(=N/N=C\c1ccccc1O)n2Cc1ccccc1. The zero-order valence-corrected chi connectivity index (χ0v) is 15.7. The Kier molecular flexibility index (Phi) is 4.85. The number of phenols is 1. The number of hydrogen-bond acceptors (Lipinski definition) is 4. The first kappa shape index (κ1) is 17.2. The third kappa shape index (κ3) is 3.83. The Hall–Kier alpha value is -3.18. The molecule has 0 fully saturated rings. The van der Waals surface area contributed by atoms with Crippen LogP contribution < -0.4 is 4.80 Å². The van der Waals surface area contributed by atoms with Gasteiger partial charge in [0, 0.05) is 5.56 Å². The van der Waals surface area contributed by atoms with E-state index in [-0.39, 0.29) is 5.75 Å².